The first-order valence-corrected chi connectivity index (χ1v) is 5.76. The average Bonchev–Trinajstić information content (AvgIpc) is 2.60. The van der Waals surface area contributed by atoms with Crippen LogP contribution >= 0.6 is 34.8 Å². The molecule has 0 aliphatic carbocycles. The molecule has 1 aromatic heterocycles. The summed E-state index contributed by atoms with van der Waals surface area (Å²) in [6.45, 7) is 0.189. The van der Waals surface area contributed by atoms with Crippen molar-refractivity contribution in [3.05, 3.63) is 39.5 Å². The average molecular weight is 293 g/mol. The number of nitrogen functional groups attached to an aromatic ring is 1. The molecule has 4 nitrogen and oxygen atoms in total. The fourth-order valence-electron chi connectivity index (χ4n) is 1.19. The molecule has 0 radical (unpaired) electrons. The number of aromatic nitrogens is 2. The summed E-state index contributed by atoms with van der Waals surface area (Å²) < 4.78 is 6.93. The smallest absolute Gasteiger partial charge is 0.181 e. The Balaban J connectivity index is 2.04. The molecule has 0 aliphatic rings. The molecule has 0 aliphatic heterocycles. The van der Waals surface area contributed by atoms with Gasteiger partial charge in [-0.25, -0.2) is 4.68 Å². The molecule has 7 heteroatoms. The van der Waals surface area contributed by atoms with Crippen molar-refractivity contribution in [1.82, 2.24) is 9.78 Å². The molecule has 0 atom stereocenters. The van der Waals surface area contributed by atoms with Gasteiger partial charge in [-0.05, 0) is 12.1 Å². The van der Waals surface area contributed by atoms with Crippen molar-refractivity contribution in [2.75, 3.05) is 5.73 Å². The number of hydrogen-bond acceptors (Lipinski definition) is 3. The summed E-state index contributed by atoms with van der Waals surface area (Å²) in [5, 5.41) is 5.24. The van der Waals surface area contributed by atoms with Crippen LogP contribution in [-0.2, 0) is 6.73 Å². The second-order valence-electron chi connectivity index (χ2n) is 3.25. The Bertz CT molecular complexity index is 522. The lowest BCUT2D eigenvalue weighted by Crippen LogP contribution is -2.06. The Morgan fingerprint density at radius 1 is 1.18 bits per heavy atom. The number of nitrogens with zero attached hydrogens (tertiary/aromatic N) is 2. The van der Waals surface area contributed by atoms with E-state index in [4.69, 9.17) is 45.3 Å². The lowest BCUT2D eigenvalue weighted by molar-refractivity contribution is 0.221. The van der Waals surface area contributed by atoms with Crippen LogP contribution in [0.15, 0.2) is 24.4 Å². The lowest BCUT2D eigenvalue weighted by Gasteiger charge is -2.06. The molecular formula is C10H8Cl3N3O. The van der Waals surface area contributed by atoms with Gasteiger partial charge in [0.1, 0.15) is 10.8 Å². The molecule has 0 fully saturated rings. The summed E-state index contributed by atoms with van der Waals surface area (Å²) in [4.78, 5) is 0. The van der Waals surface area contributed by atoms with E-state index in [1.54, 1.807) is 24.4 Å². The van der Waals surface area contributed by atoms with Gasteiger partial charge < -0.3 is 10.5 Å². The van der Waals surface area contributed by atoms with Gasteiger partial charge in [0, 0.05) is 12.3 Å². The number of nitrogens with two attached hydrogens (primary N) is 1. The Morgan fingerprint density at radius 2 is 1.94 bits per heavy atom. The van der Waals surface area contributed by atoms with Gasteiger partial charge in [-0.2, -0.15) is 5.10 Å². The standard InChI is InChI=1S/C10H8Cl3N3O/c11-7-2-1-6(3-8(7)12)17-5-16-4-9(13)10(14)15-16/h1-4H,5H2,(H2,14,15). The van der Waals surface area contributed by atoms with E-state index in [0.29, 0.717) is 20.8 Å². The van der Waals surface area contributed by atoms with Crippen molar-refractivity contribution in [3.63, 3.8) is 0 Å². The summed E-state index contributed by atoms with van der Waals surface area (Å²) >= 11 is 17.4. The predicted octanol–water partition coefficient (Wildman–Crippen LogP) is 3.46. The third-order valence-corrected chi connectivity index (χ3v) is 3.03. The van der Waals surface area contributed by atoms with Gasteiger partial charge >= 0.3 is 0 Å². The van der Waals surface area contributed by atoms with E-state index in [1.807, 2.05) is 0 Å². The zero-order valence-electron chi connectivity index (χ0n) is 8.53. The van der Waals surface area contributed by atoms with Crippen LogP contribution in [0.2, 0.25) is 15.1 Å². The molecule has 1 aromatic carbocycles. The van der Waals surface area contributed by atoms with Crippen LogP contribution in [-0.4, -0.2) is 9.78 Å². The largest absolute Gasteiger partial charge is 0.471 e. The van der Waals surface area contributed by atoms with Crippen molar-refractivity contribution >= 4 is 40.6 Å². The van der Waals surface area contributed by atoms with Gasteiger partial charge in [-0.3, -0.25) is 0 Å². The molecule has 0 unspecified atom stereocenters. The molecule has 0 bridgehead atoms. The highest BCUT2D eigenvalue weighted by atomic mass is 35.5. The molecule has 17 heavy (non-hydrogen) atoms. The molecule has 90 valence electrons. The van der Waals surface area contributed by atoms with Crippen molar-refractivity contribution in [3.8, 4) is 5.75 Å². The third kappa shape index (κ3) is 2.97. The van der Waals surface area contributed by atoms with E-state index in [0.717, 1.165) is 0 Å². The third-order valence-electron chi connectivity index (χ3n) is 2.00. The number of halogens is 3. The fraction of sp³-hybridized carbons (Fsp3) is 0.100. The minimum absolute atomic E-state index is 0.189. The summed E-state index contributed by atoms with van der Waals surface area (Å²) in [7, 11) is 0. The summed E-state index contributed by atoms with van der Waals surface area (Å²) in [6, 6.07) is 4.99. The topological polar surface area (TPSA) is 53.1 Å². The van der Waals surface area contributed by atoms with Crippen molar-refractivity contribution in [1.29, 1.82) is 0 Å². The number of hydrogen-bond donors (Lipinski definition) is 1. The predicted molar refractivity (Wildman–Crippen MR) is 68.7 cm³/mol. The first-order chi connectivity index (χ1) is 8.06. The number of anilines is 1. The van der Waals surface area contributed by atoms with Crippen LogP contribution in [0, 0.1) is 0 Å². The summed E-state index contributed by atoms with van der Waals surface area (Å²) in [6.07, 6.45) is 1.58. The van der Waals surface area contributed by atoms with E-state index in [2.05, 4.69) is 5.10 Å². The van der Waals surface area contributed by atoms with Crippen LogP contribution < -0.4 is 10.5 Å². The molecule has 0 saturated heterocycles. The number of benzene rings is 1. The van der Waals surface area contributed by atoms with Crippen LogP contribution in [0.1, 0.15) is 0 Å². The second-order valence-corrected chi connectivity index (χ2v) is 4.47. The van der Waals surface area contributed by atoms with Crippen LogP contribution in [0.5, 0.6) is 5.75 Å². The van der Waals surface area contributed by atoms with Gasteiger partial charge in [0.15, 0.2) is 12.5 Å². The number of rotatable bonds is 3. The van der Waals surface area contributed by atoms with Crippen molar-refractivity contribution < 1.29 is 4.74 Å². The van der Waals surface area contributed by atoms with Gasteiger partial charge in [0.2, 0.25) is 0 Å². The highest BCUT2D eigenvalue weighted by Gasteiger charge is 2.04. The molecular weight excluding hydrogens is 284 g/mol. The van der Waals surface area contributed by atoms with E-state index in [-0.39, 0.29) is 12.5 Å². The van der Waals surface area contributed by atoms with E-state index < -0.39 is 0 Å². The Hall–Kier alpha value is -1.10. The minimum Gasteiger partial charge on any atom is -0.471 e. The van der Waals surface area contributed by atoms with E-state index in [1.165, 1.54) is 4.68 Å². The SMILES string of the molecule is Nc1nn(COc2ccc(Cl)c(Cl)c2)cc1Cl. The van der Waals surface area contributed by atoms with Gasteiger partial charge in [-0.1, -0.05) is 34.8 Å². The van der Waals surface area contributed by atoms with Gasteiger partial charge in [-0.15, -0.1) is 0 Å². The Labute approximate surface area is 113 Å². The Kier molecular flexibility index (Phi) is 3.66. The van der Waals surface area contributed by atoms with Crippen LogP contribution in [0.25, 0.3) is 0 Å². The van der Waals surface area contributed by atoms with Crippen LogP contribution in [0.4, 0.5) is 5.82 Å². The molecule has 1 heterocycles. The zero-order chi connectivity index (χ0) is 12.4. The molecule has 0 spiro atoms. The maximum atomic E-state index is 5.85. The molecule has 2 aromatic rings. The van der Waals surface area contributed by atoms with Crippen LogP contribution in [0.3, 0.4) is 0 Å². The highest BCUT2D eigenvalue weighted by molar-refractivity contribution is 6.42. The van der Waals surface area contributed by atoms with E-state index in [9.17, 15) is 0 Å². The monoisotopic (exact) mass is 291 g/mol. The molecule has 2 N–H and O–H groups in total. The van der Waals surface area contributed by atoms with E-state index >= 15 is 0 Å². The summed E-state index contributed by atoms with van der Waals surface area (Å²) in [5.74, 6) is 0.856. The van der Waals surface area contributed by atoms with Gasteiger partial charge in [0.25, 0.3) is 0 Å². The molecule has 0 amide bonds. The number of ether oxygens (including phenoxy) is 1. The van der Waals surface area contributed by atoms with Crippen molar-refractivity contribution in [2.45, 2.75) is 6.73 Å². The maximum Gasteiger partial charge on any atom is 0.181 e. The molecule has 2 rings (SSSR count). The van der Waals surface area contributed by atoms with Crippen molar-refractivity contribution in [2.24, 2.45) is 0 Å². The Morgan fingerprint density at radius 3 is 2.53 bits per heavy atom. The summed E-state index contributed by atoms with van der Waals surface area (Å²) in [5.41, 5.74) is 5.50. The quantitative estimate of drug-likeness (QED) is 0.942. The fourth-order valence-corrected chi connectivity index (χ4v) is 1.62. The minimum atomic E-state index is 0.189. The normalized spacial score (nSPS) is 10.5. The zero-order valence-corrected chi connectivity index (χ0v) is 10.8. The van der Waals surface area contributed by atoms with Gasteiger partial charge in [0.05, 0.1) is 10.0 Å². The molecule has 0 saturated carbocycles. The first-order valence-electron chi connectivity index (χ1n) is 4.62. The lowest BCUT2D eigenvalue weighted by atomic mass is 10.3. The first kappa shape index (κ1) is 12.4. The highest BCUT2D eigenvalue weighted by Crippen LogP contribution is 2.26. The maximum absolute atomic E-state index is 5.85. The second kappa shape index (κ2) is 5.04.